The minimum atomic E-state index is -0.296. The fraction of sp³-hybridized carbons (Fsp3) is 0.400. The zero-order valence-corrected chi connectivity index (χ0v) is 12.1. The molecule has 0 radical (unpaired) electrons. The van der Waals surface area contributed by atoms with Crippen molar-refractivity contribution in [2.45, 2.75) is 13.1 Å². The second-order valence-electron chi connectivity index (χ2n) is 4.58. The molecule has 1 aromatic carbocycles. The molecule has 0 aliphatic carbocycles. The summed E-state index contributed by atoms with van der Waals surface area (Å²) in [5, 5.41) is 7.26. The standard InChI is InChI=1S/C15H20FN3O2/c1-20-7-4-17-12-13-9-14(16)11-15(10-13)21-8-6-19-5-2-3-18-19/h2-3,5,9-11,17H,4,6-8,12H2,1H3. The maximum absolute atomic E-state index is 13.6. The van der Waals surface area contributed by atoms with Crippen molar-refractivity contribution in [1.29, 1.82) is 0 Å². The summed E-state index contributed by atoms with van der Waals surface area (Å²) in [5.41, 5.74) is 0.847. The van der Waals surface area contributed by atoms with Crippen molar-refractivity contribution in [2.75, 3.05) is 26.9 Å². The normalized spacial score (nSPS) is 10.8. The van der Waals surface area contributed by atoms with Gasteiger partial charge in [-0.1, -0.05) is 0 Å². The number of benzene rings is 1. The van der Waals surface area contributed by atoms with Crippen LogP contribution in [0.4, 0.5) is 4.39 Å². The number of nitrogens with one attached hydrogen (secondary N) is 1. The van der Waals surface area contributed by atoms with Crippen molar-refractivity contribution in [3.8, 4) is 5.75 Å². The van der Waals surface area contributed by atoms with E-state index in [0.717, 1.165) is 12.1 Å². The smallest absolute Gasteiger partial charge is 0.127 e. The Labute approximate surface area is 123 Å². The van der Waals surface area contributed by atoms with Crippen molar-refractivity contribution in [3.05, 3.63) is 48.0 Å². The number of hydrogen-bond acceptors (Lipinski definition) is 4. The molecule has 1 N–H and O–H groups in total. The average Bonchev–Trinajstić information content (AvgIpc) is 2.96. The number of hydrogen-bond donors (Lipinski definition) is 1. The monoisotopic (exact) mass is 293 g/mol. The van der Waals surface area contributed by atoms with Crippen LogP contribution in [0.2, 0.25) is 0 Å². The van der Waals surface area contributed by atoms with Gasteiger partial charge in [-0.05, 0) is 23.8 Å². The van der Waals surface area contributed by atoms with Crippen LogP contribution in [0, 0.1) is 5.82 Å². The van der Waals surface area contributed by atoms with E-state index >= 15 is 0 Å². The highest BCUT2D eigenvalue weighted by Crippen LogP contribution is 2.16. The molecule has 0 atom stereocenters. The molecule has 0 saturated heterocycles. The van der Waals surface area contributed by atoms with Crippen molar-refractivity contribution in [1.82, 2.24) is 15.1 Å². The minimum absolute atomic E-state index is 0.296. The SMILES string of the molecule is COCCNCc1cc(F)cc(OCCn2cccn2)c1. The average molecular weight is 293 g/mol. The first-order valence-corrected chi connectivity index (χ1v) is 6.87. The van der Waals surface area contributed by atoms with Gasteiger partial charge in [-0.3, -0.25) is 4.68 Å². The van der Waals surface area contributed by atoms with E-state index in [0.29, 0.717) is 32.1 Å². The van der Waals surface area contributed by atoms with Gasteiger partial charge in [0, 0.05) is 38.7 Å². The Morgan fingerprint density at radius 1 is 1.29 bits per heavy atom. The number of aromatic nitrogens is 2. The van der Waals surface area contributed by atoms with Crippen molar-refractivity contribution >= 4 is 0 Å². The topological polar surface area (TPSA) is 48.3 Å². The Hall–Kier alpha value is -1.92. The largest absolute Gasteiger partial charge is 0.492 e. The fourth-order valence-electron chi connectivity index (χ4n) is 1.90. The third-order valence-corrected chi connectivity index (χ3v) is 2.89. The van der Waals surface area contributed by atoms with Crippen molar-refractivity contribution in [3.63, 3.8) is 0 Å². The molecule has 0 amide bonds. The molecule has 0 unspecified atom stereocenters. The molecule has 0 saturated carbocycles. The molecule has 2 aromatic rings. The number of nitrogens with zero attached hydrogens (tertiary/aromatic N) is 2. The Morgan fingerprint density at radius 2 is 2.19 bits per heavy atom. The lowest BCUT2D eigenvalue weighted by Crippen LogP contribution is -2.18. The van der Waals surface area contributed by atoms with Gasteiger partial charge in [-0.15, -0.1) is 0 Å². The van der Waals surface area contributed by atoms with Crippen LogP contribution < -0.4 is 10.1 Å². The van der Waals surface area contributed by atoms with Crippen LogP contribution in [-0.4, -0.2) is 36.6 Å². The Balaban J connectivity index is 1.82. The molecule has 21 heavy (non-hydrogen) atoms. The lowest BCUT2D eigenvalue weighted by Gasteiger charge is -2.09. The molecule has 0 fully saturated rings. The highest BCUT2D eigenvalue weighted by Gasteiger charge is 2.02. The molecular weight excluding hydrogens is 273 g/mol. The second kappa shape index (κ2) is 8.39. The van der Waals surface area contributed by atoms with Gasteiger partial charge in [0.1, 0.15) is 18.2 Å². The van der Waals surface area contributed by atoms with Crippen molar-refractivity contribution < 1.29 is 13.9 Å². The van der Waals surface area contributed by atoms with Gasteiger partial charge in [0.15, 0.2) is 0 Å². The van der Waals surface area contributed by atoms with Crippen LogP contribution in [0.1, 0.15) is 5.56 Å². The molecule has 6 heteroatoms. The molecule has 2 rings (SSSR count). The first kappa shape index (κ1) is 15.5. The van der Waals surface area contributed by atoms with Crippen LogP contribution >= 0.6 is 0 Å². The van der Waals surface area contributed by atoms with Crippen LogP contribution in [0.3, 0.4) is 0 Å². The lowest BCUT2D eigenvalue weighted by atomic mass is 10.2. The van der Waals surface area contributed by atoms with E-state index in [-0.39, 0.29) is 5.82 Å². The van der Waals surface area contributed by atoms with Gasteiger partial charge in [-0.25, -0.2) is 4.39 Å². The zero-order valence-electron chi connectivity index (χ0n) is 12.1. The predicted octanol–water partition coefficient (Wildman–Crippen LogP) is 1.84. The first-order chi connectivity index (χ1) is 10.3. The van der Waals surface area contributed by atoms with Crippen molar-refractivity contribution in [2.24, 2.45) is 0 Å². The summed E-state index contributed by atoms with van der Waals surface area (Å²) in [7, 11) is 1.65. The van der Waals surface area contributed by atoms with E-state index in [1.54, 1.807) is 18.0 Å². The molecule has 1 aromatic heterocycles. The second-order valence-corrected chi connectivity index (χ2v) is 4.58. The van der Waals surface area contributed by atoms with Gasteiger partial charge < -0.3 is 14.8 Å². The van der Waals surface area contributed by atoms with E-state index in [1.165, 1.54) is 12.1 Å². The minimum Gasteiger partial charge on any atom is -0.492 e. The lowest BCUT2D eigenvalue weighted by molar-refractivity contribution is 0.199. The Kier molecular flexibility index (Phi) is 6.18. The maximum atomic E-state index is 13.6. The van der Waals surface area contributed by atoms with Crippen LogP contribution in [0.5, 0.6) is 5.75 Å². The Bertz CT molecular complexity index is 532. The summed E-state index contributed by atoms with van der Waals surface area (Å²) in [6, 6.07) is 6.58. The van der Waals surface area contributed by atoms with E-state index < -0.39 is 0 Å². The summed E-state index contributed by atoms with van der Waals surface area (Å²) in [6.45, 7) is 3.01. The number of halogens is 1. The van der Waals surface area contributed by atoms with Gasteiger partial charge in [0.2, 0.25) is 0 Å². The number of ether oxygens (including phenoxy) is 2. The van der Waals surface area contributed by atoms with Gasteiger partial charge in [-0.2, -0.15) is 5.10 Å². The Morgan fingerprint density at radius 3 is 2.95 bits per heavy atom. The highest BCUT2D eigenvalue weighted by atomic mass is 19.1. The molecular formula is C15H20FN3O2. The van der Waals surface area contributed by atoms with Gasteiger partial charge in [0.25, 0.3) is 0 Å². The molecule has 114 valence electrons. The molecule has 0 spiro atoms. The zero-order chi connectivity index (χ0) is 14.9. The van der Waals surface area contributed by atoms with Gasteiger partial charge in [0.05, 0.1) is 13.2 Å². The van der Waals surface area contributed by atoms with Crippen LogP contribution in [0.15, 0.2) is 36.7 Å². The van der Waals surface area contributed by atoms with Crippen LogP contribution in [-0.2, 0) is 17.8 Å². The third-order valence-electron chi connectivity index (χ3n) is 2.89. The molecule has 0 aliphatic rings. The quantitative estimate of drug-likeness (QED) is 0.717. The summed E-state index contributed by atoms with van der Waals surface area (Å²) < 4.78 is 25.8. The summed E-state index contributed by atoms with van der Waals surface area (Å²) in [4.78, 5) is 0. The van der Waals surface area contributed by atoms with E-state index in [4.69, 9.17) is 9.47 Å². The van der Waals surface area contributed by atoms with Crippen LogP contribution in [0.25, 0.3) is 0 Å². The molecule has 5 nitrogen and oxygen atoms in total. The molecule has 1 heterocycles. The fourth-order valence-corrected chi connectivity index (χ4v) is 1.90. The van der Waals surface area contributed by atoms with E-state index in [9.17, 15) is 4.39 Å². The summed E-state index contributed by atoms with van der Waals surface area (Å²) in [5.74, 6) is 0.237. The van der Waals surface area contributed by atoms with Gasteiger partial charge >= 0.3 is 0 Å². The molecule has 0 bridgehead atoms. The summed E-state index contributed by atoms with van der Waals surface area (Å²) in [6.07, 6.45) is 3.58. The highest BCUT2D eigenvalue weighted by molar-refractivity contribution is 5.29. The first-order valence-electron chi connectivity index (χ1n) is 6.87. The predicted molar refractivity (Wildman–Crippen MR) is 77.7 cm³/mol. The third kappa shape index (κ3) is 5.53. The maximum Gasteiger partial charge on any atom is 0.127 e. The number of rotatable bonds is 9. The summed E-state index contributed by atoms with van der Waals surface area (Å²) >= 11 is 0. The molecule has 0 aliphatic heterocycles. The van der Waals surface area contributed by atoms with E-state index in [2.05, 4.69) is 10.4 Å². The van der Waals surface area contributed by atoms with E-state index in [1.807, 2.05) is 18.3 Å². The number of methoxy groups -OCH3 is 1.